The molecule has 4 aliphatic carbocycles. The van der Waals surface area contributed by atoms with Crippen molar-refractivity contribution in [1.82, 2.24) is 10.0 Å². The lowest BCUT2D eigenvalue weighted by Gasteiger charge is -2.58. The molecule has 2 heteroatoms. The summed E-state index contributed by atoms with van der Waals surface area (Å²) in [6.07, 6.45) is 12.1. The Kier molecular flexibility index (Phi) is 2.92. The Bertz CT molecular complexity index is 280. The second-order valence-electron chi connectivity index (χ2n) is 7.51. The standard InChI is InChI=1S/C16H28N2/c1-17(18-5-3-2-4-6-18)16-14-8-12-7-13(10-14)11-15(16)9-12/h12-16H,2-11H2,1H3. The summed E-state index contributed by atoms with van der Waals surface area (Å²) < 4.78 is 0. The van der Waals surface area contributed by atoms with Gasteiger partial charge in [0.2, 0.25) is 0 Å². The first-order valence-electron chi connectivity index (χ1n) is 8.29. The van der Waals surface area contributed by atoms with Gasteiger partial charge in [-0.05, 0) is 68.6 Å². The number of nitrogens with zero attached hydrogens (tertiary/aromatic N) is 2. The van der Waals surface area contributed by atoms with Crippen LogP contribution in [0.4, 0.5) is 0 Å². The SMILES string of the molecule is CN(C1C2CC3CC(C2)CC1C3)N1CCCCC1. The fraction of sp³-hybridized carbons (Fsp3) is 1.00. The molecule has 0 aromatic rings. The van der Waals surface area contributed by atoms with Crippen molar-refractivity contribution in [1.29, 1.82) is 0 Å². The van der Waals surface area contributed by atoms with Crippen molar-refractivity contribution < 1.29 is 0 Å². The average Bonchev–Trinajstić information content (AvgIpc) is 2.38. The van der Waals surface area contributed by atoms with Crippen LogP contribution in [0.5, 0.6) is 0 Å². The topological polar surface area (TPSA) is 6.48 Å². The van der Waals surface area contributed by atoms with E-state index in [1.165, 1.54) is 32.4 Å². The summed E-state index contributed by atoms with van der Waals surface area (Å²) in [6, 6.07) is 0.899. The molecule has 1 saturated heterocycles. The summed E-state index contributed by atoms with van der Waals surface area (Å²) in [5, 5.41) is 5.38. The van der Waals surface area contributed by atoms with E-state index >= 15 is 0 Å². The van der Waals surface area contributed by atoms with Crippen LogP contribution in [0.1, 0.15) is 51.4 Å². The summed E-state index contributed by atoms with van der Waals surface area (Å²) in [5.74, 6) is 4.29. The summed E-state index contributed by atoms with van der Waals surface area (Å²) in [5.41, 5.74) is 0. The summed E-state index contributed by atoms with van der Waals surface area (Å²) in [4.78, 5) is 0. The highest BCUT2D eigenvalue weighted by atomic mass is 15.6. The maximum absolute atomic E-state index is 2.70. The zero-order valence-electron chi connectivity index (χ0n) is 11.9. The van der Waals surface area contributed by atoms with Gasteiger partial charge in [-0.2, -0.15) is 0 Å². The maximum Gasteiger partial charge on any atom is 0.0299 e. The minimum Gasteiger partial charge on any atom is -0.242 e. The van der Waals surface area contributed by atoms with Crippen LogP contribution in [0.15, 0.2) is 0 Å². The highest BCUT2D eigenvalue weighted by Gasteiger charge is 2.50. The molecule has 2 nitrogen and oxygen atoms in total. The number of hydrogen-bond acceptors (Lipinski definition) is 2. The normalized spacial score (nSPS) is 48.0. The fourth-order valence-electron chi connectivity index (χ4n) is 5.89. The molecule has 0 N–H and O–H groups in total. The third-order valence-corrected chi connectivity index (χ3v) is 6.39. The van der Waals surface area contributed by atoms with Gasteiger partial charge < -0.3 is 0 Å². The van der Waals surface area contributed by atoms with Crippen molar-refractivity contribution in [2.75, 3.05) is 20.1 Å². The molecule has 4 bridgehead atoms. The van der Waals surface area contributed by atoms with Crippen molar-refractivity contribution in [3.8, 4) is 0 Å². The molecule has 0 unspecified atom stereocenters. The summed E-state index contributed by atoms with van der Waals surface area (Å²) >= 11 is 0. The predicted octanol–water partition coefficient (Wildman–Crippen LogP) is 3.14. The molecule has 4 saturated carbocycles. The van der Waals surface area contributed by atoms with Gasteiger partial charge >= 0.3 is 0 Å². The van der Waals surface area contributed by atoms with E-state index in [-0.39, 0.29) is 0 Å². The first kappa shape index (κ1) is 11.7. The van der Waals surface area contributed by atoms with E-state index in [1.807, 2.05) is 0 Å². The molecule has 1 heterocycles. The molecule has 0 aromatic heterocycles. The van der Waals surface area contributed by atoms with Crippen LogP contribution in [0.3, 0.4) is 0 Å². The largest absolute Gasteiger partial charge is 0.242 e. The minimum absolute atomic E-state index is 0.899. The molecule has 0 spiro atoms. The van der Waals surface area contributed by atoms with Crippen LogP contribution in [0.2, 0.25) is 0 Å². The van der Waals surface area contributed by atoms with E-state index in [9.17, 15) is 0 Å². The number of hydrogen-bond donors (Lipinski definition) is 0. The second kappa shape index (κ2) is 4.49. The lowest BCUT2D eigenvalue weighted by Crippen LogP contribution is -2.59. The Balaban J connectivity index is 1.50. The fourth-order valence-corrected chi connectivity index (χ4v) is 5.89. The molecule has 0 amide bonds. The van der Waals surface area contributed by atoms with Gasteiger partial charge in [-0.15, -0.1) is 0 Å². The van der Waals surface area contributed by atoms with Crippen molar-refractivity contribution in [3.63, 3.8) is 0 Å². The number of piperidine rings is 1. The van der Waals surface area contributed by atoms with Gasteiger partial charge in [-0.1, -0.05) is 6.42 Å². The quantitative estimate of drug-likeness (QED) is 0.741. The number of rotatable bonds is 2. The molecule has 0 atom stereocenters. The number of hydrazine groups is 1. The molecule has 18 heavy (non-hydrogen) atoms. The van der Waals surface area contributed by atoms with Gasteiger partial charge in [0.15, 0.2) is 0 Å². The van der Waals surface area contributed by atoms with Crippen LogP contribution in [0, 0.1) is 23.7 Å². The smallest absolute Gasteiger partial charge is 0.0299 e. The molecule has 5 rings (SSSR count). The van der Waals surface area contributed by atoms with E-state index < -0.39 is 0 Å². The first-order chi connectivity index (χ1) is 8.81. The molecule has 0 aromatic carbocycles. The van der Waals surface area contributed by atoms with Crippen LogP contribution in [-0.2, 0) is 0 Å². The highest BCUT2D eigenvalue weighted by Crippen LogP contribution is 2.55. The Hall–Kier alpha value is -0.0800. The van der Waals surface area contributed by atoms with Crippen LogP contribution < -0.4 is 0 Å². The summed E-state index contributed by atoms with van der Waals surface area (Å²) in [7, 11) is 2.40. The lowest BCUT2D eigenvalue weighted by molar-refractivity contribution is -0.142. The third-order valence-electron chi connectivity index (χ3n) is 6.39. The highest BCUT2D eigenvalue weighted by molar-refractivity contribution is 5.01. The van der Waals surface area contributed by atoms with E-state index in [4.69, 9.17) is 0 Å². The molecule has 0 radical (unpaired) electrons. The first-order valence-corrected chi connectivity index (χ1v) is 8.29. The predicted molar refractivity (Wildman–Crippen MR) is 74.0 cm³/mol. The van der Waals surface area contributed by atoms with Gasteiger partial charge in [0, 0.05) is 26.2 Å². The molecular formula is C16H28N2. The van der Waals surface area contributed by atoms with Gasteiger partial charge in [0.1, 0.15) is 0 Å². The van der Waals surface area contributed by atoms with Crippen LogP contribution >= 0.6 is 0 Å². The average molecular weight is 248 g/mol. The van der Waals surface area contributed by atoms with E-state index in [0.29, 0.717) is 0 Å². The Morgan fingerprint density at radius 2 is 1.33 bits per heavy atom. The lowest BCUT2D eigenvalue weighted by atomic mass is 9.54. The monoisotopic (exact) mass is 248 g/mol. The minimum atomic E-state index is 0.899. The molecule has 102 valence electrons. The van der Waals surface area contributed by atoms with Crippen molar-refractivity contribution in [3.05, 3.63) is 0 Å². The van der Waals surface area contributed by atoms with Gasteiger partial charge in [0.05, 0.1) is 0 Å². The van der Waals surface area contributed by atoms with Gasteiger partial charge in [-0.25, -0.2) is 10.0 Å². The van der Waals surface area contributed by atoms with Crippen molar-refractivity contribution >= 4 is 0 Å². The Labute approximate surface area is 112 Å². The van der Waals surface area contributed by atoms with Crippen LogP contribution in [0.25, 0.3) is 0 Å². The van der Waals surface area contributed by atoms with Gasteiger partial charge in [-0.3, -0.25) is 0 Å². The zero-order chi connectivity index (χ0) is 12.1. The molecular weight excluding hydrogens is 220 g/mol. The van der Waals surface area contributed by atoms with Crippen molar-refractivity contribution in [2.45, 2.75) is 57.4 Å². The Morgan fingerprint density at radius 1 is 0.778 bits per heavy atom. The van der Waals surface area contributed by atoms with Crippen LogP contribution in [-0.4, -0.2) is 36.2 Å². The maximum atomic E-state index is 2.70. The molecule has 5 fully saturated rings. The van der Waals surface area contributed by atoms with E-state index in [1.54, 1.807) is 32.1 Å². The van der Waals surface area contributed by atoms with E-state index in [0.717, 1.165) is 29.7 Å². The molecule has 5 aliphatic rings. The Morgan fingerprint density at radius 3 is 1.89 bits per heavy atom. The second-order valence-corrected chi connectivity index (χ2v) is 7.51. The summed E-state index contributed by atoms with van der Waals surface area (Å²) in [6.45, 7) is 2.64. The third kappa shape index (κ3) is 1.84. The van der Waals surface area contributed by atoms with Gasteiger partial charge in [0.25, 0.3) is 0 Å². The zero-order valence-corrected chi connectivity index (χ0v) is 11.9. The van der Waals surface area contributed by atoms with Crippen molar-refractivity contribution in [2.24, 2.45) is 23.7 Å². The molecule has 1 aliphatic heterocycles. The van der Waals surface area contributed by atoms with E-state index in [2.05, 4.69) is 17.1 Å².